The fourth-order valence-electron chi connectivity index (χ4n) is 4.16. The number of nitrogens with one attached hydrogen (secondary N) is 1. The summed E-state index contributed by atoms with van der Waals surface area (Å²) in [7, 11) is 0. The average Bonchev–Trinajstić information content (AvgIpc) is 3.34. The first kappa shape index (κ1) is 16.9. The van der Waals surface area contributed by atoms with E-state index < -0.39 is 0 Å². The van der Waals surface area contributed by atoms with Crippen LogP contribution in [-0.4, -0.2) is 35.5 Å². The van der Waals surface area contributed by atoms with E-state index in [0.717, 1.165) is 44.0 Å². The molecule has 1 N–H and O–H groups in total. The highest BCUT2D eigenvalue weighted by molar-refractivity contribution is 5.93. The Kier molecular flexibility index (Phi) is 4.78. The quantitative estimate of drug-likeness (QED) is 0.895. The van der Waals surface area contributed by atoms with Crippen LogP contribution >= 0.6 is 0 Å². The lowest BCUT2D eigenvalue weighted by molar-refractivity contribution is 0.207. The van der Waals surface area contributed by atoms with Crippen molar-refractivity contribution in [1.29, 1.82) is 0 Å². The first-order chi connectivity index (χ1) is 12.7. The van der Waals surface area contributed by atoms with E-state index in [1.165, 1.54) is 24.0 Å². The molecule has 5 heteroatoms. The van der Waals surface area contributed by atoms with Crippen molar-refractivity contribution in [3.8, 4) is 0 Å². The van der Waals surface area contributed by atoms with Gasteiger partial charge in [0, 0.05) is 25.8 Å². The molecule has 0 saturated carbocycles. The minimum atomic E-state index is -0.0239. The number of pyridine rings is 1. The molecule has 0 aliphatic carbocycles. The molecule has 0 spiro atoms. The van der Waals surface area contributed by atoms with E-state index in [1.807, 2.05) is 17.0 Å². The molecule has 1 aromatic carbocycles. The van der Waals surface area contributed by atoms with Gasteiger partial charge in [0.05, 0.1) is 11.7 Å². The first-order valence-corrected chi connectivity index (χ1v) is 9.57. The lowest BCUT2D eigenvalue weighted by atomic mass is 9.99. The van der Waals surface area contributed by atoms with Crippen LogP contribution in [0.1, 0.15) is 42.9 Å². The second-order valence-electron chi connectivity index (χ2n) is 7.21. The molecule has 136 valence electrons. The number of amides is 2. The number of carbonyl (C=O) groups is 1. The van der Waals surface area contributed by atoms with Crippen molar-refractivity contribution in [3.05, 3.63) is 53.7 Å². The smallest absolute Gasteiger partial charge is 0.322 e. The number of anilines is 2. The molecule has 2 saturated heterocycles. The largest absolute Gasteiger partial charge is 0.355 e. The van der Waals surface area contributed by atoms with Crippen molar-refractivity contribution < 1.29 is 4.79 Å². The van der Waals surface area contributed by atoms with Gasteiger partial charge in [0.2, 0.25) is 0 Å². The van der Waals surface area contributed by atoms with Crippen molar-refractivity contribution in [3.63, 3.8) is 0 Å². The Bertz CT molecular complexity index is 785. The predicted octanol–water partition coefficient (Wildman–Crippen LogP) is 4.36. The third-order valence-electron chi connectivity index (χ3n) is 5.50. The van der Waals surface area contributed by atoms with Crippen LogP contribution in [-0.2, 0) is 0 Å². The Labute approximate surface area is 155 Å². The van der Waals surface area contributed by atoms with Gasteiger partial charge in [-0.15, -0.1) is 0 Å². The van der Waals surface area contributed by atoms with Crippen molar-refractivity contribution in [2.75, 3.05) is 29.9 Å². The number of hydrogen-bond acceptors (Lipinski definition) is 3. The number of aromatic nitrogens is 1. The summed E-state index contributed by atoms with van der Waals surface area (Å²) in [6, 6.07) is 12.4. The van der Waals surface area contributed by atoms with Crippen LogP contribution in [0.3, 0.4) is 0 Å². The zero-order chi connectivity index (χ0) is 17.9. The highest BCUT2D eigenvalue weighted by atomic mass is 16.2. The Morgan fingerprint density at radius 2 is 1.88 bits per heavy atom. The molecule has 0 radical (unpaired) electrons. The fraction of sp³-hybridized carbons (Fsp3) is 0.429. The van der Waals surface area contributed by atoms with Crippen LogP contribution < -0.4 is 10.2 Å². The van der Waals surface area contributed by atoms with Gasteiger partial charge in [0.1, 0.15) is 0 Å². The van der Waals surface area contributed by atoms with E-state index >= 15 is 0 Å². The number of benzene rings is 1. The molecular weight excluding hydrogens is 324 g/mol. The summed E-state index contributed by atoms with van der Waals surface area (Å²) >= 11 is 0. The van der Waals surface area contributed by atoms with Crippen molar-refractivity contribution in [1.82, 2.24) is 9.88 Å². The van der Waals surface area contributed by atoms with E-state index in [4.69, 9.17) is 0 Å². The summed E-state index contributed by atoms with van der Waals surface area (Å²) in [5.74, 6) is 0.894. The zero-order valence-corrected chi connectivity index (χ0v) is 15.3. The van der Waals surface area contributed by atoms with E-state index in [0.29, 0.717) is 0 Å². The molecule has 1 atom stereocenters. The van der Waals surface area contributed by atoms with Gasteiger partial charge in [0.25, 0.3) is 0 Å². The van der Waals surface area contributed by atoms with Gasteiger partial charge >= 0.3 is 6.03 Å². The zero-order valence-electron chi connectivity index (χ0n) is 15.3. The monoisotopic (exact) mass is 350 g/mol. The molecule has 4 rings (SSSR count). The van der Waals surface area contributed by atoms with Gasteiger partial charge < -0.3 is 15.1 Å². The third kappa shape index (κ3) is 3.26. The lowest BCUT2D eigenvalue weighted by Crippen LogP contribution is -2.35. The van der Waals surface area contributed by atoms with Gasteiger partial charge in [0.15, 0.2) is 5.82 Å². The number of hydrogen-bond donors (Lipinski definition) is 1. The molecule has 3 heterocycles. The van der Waals surface area contributed by atoms with E-state index in [1.54, 1.807) is 6.20 Å². The van der Waals surface area contributed by atoms with E-state index in [2.05, 4.69) is 46.4 Å². The third-order valence-corrected chi connectivity index (χ3v) is 5.50. The van der Waals surface area contributed by atoms with Crippen LogP contribution in [0.25, 0.3) is 0 Å². The Hall–Kier alpha value is -2.56. The number of urea groups is 1. The lowest BCUT2D eigenvalue weighted by Gasteiger charge is -2.27. The maximum atomic E-state index is 13.0. The topological polar surface area (TPSA) is 48.5 Å². The minimum absolute atomic E-state index is 0.0239. The SMILES string of the molecule is Cc1ccccc1C1CCCN1C(=O)Nc1cccnc1N1CCCC1. The van der Waals surface area contributed by atoms with Gasteiger partial charge in [-0.05, 0) is 55.9 Å². The summed E-state index contributed by atoms with van der Waals surface area (Å²) < 4.78 is 0. The summed E-state index contributed by atoms with van der Waals surface area (Å²) in [6.07, 6.45) is 6.23. The number of likely N-dealkylation sites (tertiary alicyclic amines) is 1. The van der Waals surface area contributed by atoms with Crippen molar-refractivity contribution >= 4 is 17.5 Å². The average molecular weight is 350 g/mol. The molecule has 1 unspecified atom stereocenters. The normalized spacial score (nSPS) is 19.8. The van der Waals surface area contributed by atoms with Crippen molar-refractivity contribution in [2.45, 2.75) is 38.6 Å². The maximum absolute atomic E-state index is 13.0. The highest BCUT2D eigenvalue weighted by Gasteiger charge is 2.31. The fourth-order valence-corrected chi connectivity index (χ4v) is 4.16. The Balaban J connectivity index is 1.54. The van der Waals surface area contributed by atoms with Gasteiger partial charge in [-0.1, -0.05) is 24.3 Å². The van der Waals surface area contributed by atoms with Crippen LogP contribution in [0.15, 0.2) is 42.6 Å². The molecule has 26 heavy (non-hydrogen) atoms. The second kappa shape index (κ2) is 7.36. The van der Waals surface area contributed by atoms with Crippen molar-refractivity contribution in [2.24, 2.45) is 0 Å². The molecular formula is C21H26N4O. The van der Waals surface area contributed by atoms with E-state index in [-0.39, 0.29) is 12.1 Å². The molecule has 1 aromatic heterocycles. The highest BCUT2D eigenvalue weighted by Crippen LogP contribution is 2.34. The second-order valence-corrected chi connectivity index (χ2v) is 7.21. The molecule has 2 aliphatic heterocycles. The summed E-state index contributed by atoms with van der Waals surface area (Å²) in [6.45, 7) is 4.94. The number of carbonyl (C=O) groups excluding carboxylic acids is 1. The van der Waals surface area contributed by atoms with Gasteiger partial charge in [-0.3, -0.25) is 0 Å². The minimum Gasteiger partial charge on any atom is -0.355 e. The number of aryl methyl sites for hydroxylation is 1. The standard InChI is InChI=1S/C21H26N4O/c1-16-8-2-3-9-17(16)19-11-7-15-25(19)21(26)23-18-10-6-12-22-20(18)24-13-4-5-14-24/h2-3,6,8-10,12,19H,4-5,7,11,13-15H2,1H3,(H,23,26). The number of rotatable bonds is 3. The Morgan fingerprint density at radius 1 is 1.08 bits per heavy atom. The molecule has 5 nitrogen and oxygen atoms in total. The summed E-state index contributed by atoms with van der Waals surface area (Å²) in [5, 5.41) is 3.13. The van der Waals surface area contributed by atoms with E-state index in [9.17, 15) is 4.79 Å². The molecule has 2 aliphatic rings. The molecule has 2 amide bonds. The predicted molar refractivity (Wildman–Crippen MR) is 105 cm³/mol. The Morgan fingerprint density at radius 3 is 2.69 bits per heavy atom. The van der Waals surface area contributed by atoms with Crippen LogP contribution in [0.2, 0.25) is 0 Å². The molecule has 2 fully saturated rings. The maximum Gasteiger partial charge on any atom is 0.322 e. The van der Waals surface area contributed by atoms with Crippen LogP contribution in [0.4, 0.5) is 16.3 Å². The number of nitrogens with zero attached hydrogens (tertiary/aromatic N) is 3. The summed E-state index contributed by atoms with van der Waals surface area (Å²) in [5.41, 5.74) is 3.32. The van der Waals surface area contributed by atoms with Crippen LogP contribution in [0, 0.1) is 6.92 Å². The van der Waals surface area contributed by atoms with Gasteiger partial charge in [-0.2, -0.15) is 0 Å². The first-order valence-electron chi connectivity index (χ1n) is 9.57. The molecule has 0 bridgehead atoms. The van der Waals surface area contributed by atoms with Crippen LogP contribution in [0.5, 0.6) is 0 Å². The van der Waals surface area contributed by atoms with Gasteiger partial charge in [-0.25, -0.2) is 9.78 Å². The molecule has 2 aromatic rings. The summed E-state index contributed by atoms with van der Waals surface area (Å²) in [4.78, 5) is 21.8.